The van der Waals surface area contributed by atoms with E-state index in [0.29, 0.717) is 5.70 Å². The van der Waals surface area contributed by atoms with E-state index in [4.69, 9.17) is 10.4 Å². The lowest BCUT2D eigenvalue weighted by Crippen LogP contribution is -2.33. The molecule has 152 valence electrons. The van der Waals surface area contributed by atoms with E-state index in [1.165, 1.54) is 29.9 Å². The van der Waals surface area contributed by atoms with Crippen molar-refractivity contribution in [3.8, 4) is 11.3 Å². The third-order valence-corrected chi connectivity index (χ3v) is 5.67. The van der Waals surface area contributed by atoms with Gasteiger partial charge in [0.15, 0.2) is 0 Å². The van der Waals surface area contributed by atoms with Crippen LogP contribution < -0.4 is 10.2 Å². The van der Waals surface area contributed by atoms with Crippen LogP contribution in [0.4, 0.5) is 5.69 Å². The fourth-order valence-electron chi connectivity index (χ4n) is 3.80. The summed E-state index contributed by atoms with van der Waals surface area (Å²) >= 11 is 0. The zero-order chi connectivity index (χ0) is 21.3. The number of rotatable bonds is 6. The van der Waals surface area contributed by atoms with Crippen LogP contribution in [-0.4, -0.2) is 31.2 Å². The van der Waals surface area contributed by atoms with Crippen LogP contribution in [0.25, 0.3) is 22.2 Å². The maximum Gasteiger partial charge on any atom is 0.274 e. The van der Waals surface area contributed by atoms with Gasteiger partial charge < -0.3 is 15.6 Å². The normalized spacial score (nSPS) is 13.9. The Morgan fingerprint density at radius 3 is 2.63 bits per heavy atom. The molecule has 0 radical (unpaired) electrons. The number of aryl methyl sites for hydroxylation is 1. The molecule has 1 aliphatic rings. The monoisotopic (exact) mass is 398 g/mol. The second kappa shape index (κ2) is 8.11. The highest BCUT2D eigenvalue weighted by Gasteiger charge is 2.23. The van der Waals surface area contributed by atoms with E-state index in [1.807, 2.05) is 19.1 Å². The third-order valence-electron chi connectivity index (χ3n) is 5.67. The Kier molecular flexibility index (Phi) is 5.36. The minimum atomic E-state index is -0.188. The van der Waals surface area contributed by atoms with Crippen molar-refractivity contribution in [1.29, 1.82) is 5.41 Å². The number of nitrogens with zero attached hydrogens (tertiary/aromatic N) is 2. The van der Waals surface area contributed by atoms with Gasteiger partial charge in [-0.25, -0.2) is 4.98 Å². The lowest BCUT2D eigenvalue weighted by atomic mass is 10.0. The Hall–Kier alpha value is -3.47. The van der Waals surface area contributed by atoms with Gasteiger partial charge in [-0.2, -0.15) is 0 Å². The molecular formula is C25H26N4O. The lowest BCUT2D eigenvalue weighted by Gasteiger charge is -2.21. The summed E-state index contributed by atoms with van der Waals surface area (Å²) in [6.07, 6.45) is 5.15. The number of hydrogen-bond acceptors (Lipinski definition) is 4. The molecule has 0 aliphatic heterocycles. The molecule has 30 heavy (non-hydrogen) atoms. The summed E-state index contributed by atoms with van der Waals surface area (Å²) in [5.41, 5.74) is 6.55. The van der Waals surface area contributed by atoms with Crippen LogP contribution in [0.2, 0.25) is 0 Å². The van der Waals surface area contributed by atoms with Gasteiger partial charge in [0, 0.05) is 36.9 Å². The number of aromatic nitrogens is 1. The minimum absolute atomic E-state index is 0.188. The Morgan fingerprint density at radius 2 is 1.97 bits per heavy atom. The topological polar surface area (TPSA) is 69.1 Å². The van der Waals surface area contributed by atoms with Crippen LogP contribution in [0.15, 0.2) is 60.3 Å². The summed E-state index contributed by atoms with van der Waals surface area (Å²) in [5, 5.41) is 11.2. The zero-order valence-electron chi connectivity index (χ0n) is 17.6. The van der Waals surface area contributed by atoms with Crippen molar-refractivity contribution >= 4 is 28.7 Å². The molecule has 1 heterocycles. The summed E-state index contributed by atoms with van der Waals surface area (Å²) in [7, 11) is 3.42. The van der Waals surface area contributed by atoms with E-state index in [0.717, 1.165) is 40.2 Å². The summed E-state index contributed by atoms with van der Waals surface area (Å²) in [6.45, 7) is 1.99. The first-order chi connectivity index (χ1) is 14.5. The predicted molar refractivity (Wildman–Crippen MR) is 123 cm³/mol. The number of fused-ring (bicyclic) bond motifs is 1. The average molecular weight is 399 g/mol. The van der Waals surface area contributed by atoms with Gasteiger partial charge in [0.2, 0.25) is 0 Å². The second-order valence-corrected chi connectivity index (χ2v) is 7.79. The number of pyridine rings is 1. The van der Waals surface area contributed by atoms with Crippen molar-refractivity contribution < 1.29 is 4.79 Å². The van der Waals surface area contributed by atoms with Crippen LogP contribution in [0.1, 0.15) is 29.9 Å². The maximum atomic E-state index is 12.7. The molecule has 0 atom stereocenters. The number of hydrogen-bond donors (Lipinski definition) is 2. The molecule has 1 aromatic heterocycles. The van der Waals surface area contributed by atoms with Gasteiger partial charge in [-0.15, -0.1) is 0 Å². The fraction of sp³-hybridized carbons (Fsp3) is 0.240. The van der Waals surface area contributed by atoms with E-state index in [9.17, 15) is 4.79 Å². The molecule has 0 spiro atoms. The third kappa shape index (κ3) is 3.83. The first-order valence-corrected chi connectivity index (χ1v) is 10.2. The van der Waals surface area contributed by atoms with Gasteiger partial charge in [0.25, 0.3) is 5.91 Å². The maximum absolute atomic E-state index is 12.7. The van der Waals surface area contributed by atoms with Gasteiger partial charge in [-0.05, 0) is 73.2 Å². The summed E-state index contributed by atoms with van der Waals surface area (Å²) in [5.74, 6) is 0.549. The van der Waals surface area contributed by atoms with Crippen molar-refractivity contribution in [2.75, 3.05) is 19.0 Å². The van der Waals surface area contributed by atoms with Crippen molar-refractivity contribution in [2.45, 2.75) is 25.7 Å². The Labute approximate surface area is 177 Å². The predicted octanol–water partition coefficient (Wildman–Crippen LogP) is 4.80. The summed E-state index contributed by atoms with van der Waals surface area (Å²) in [6, 6.07) is 16.8. The smallest absolute Gasteiger partial charge is 0.274 e. The number of anilines is 1. The number of likely N-dealkylation sites (N-methyl/N-ethyl adjacent to an activating group) is 2. The largest absolute Gasteiger partial charge is 0.384 e. The number of amides is 1. The Morgan fingerprint density at radius 1 is 1.17 bits per heavy atom. The Balaban J connectivity index is 1.62. The highest BCUT2D eigenvalue weighted by Crippen LogP contribution is 2.41. The molecule has 4 rings (SSSR count). The van der Waals surface area contributed by atoms with Gasteiger partial charge in [0.1, 0.15) is 5.70 Å². The number of carbonyl (C=O) groups excluding carboxylic acids is 1. The molecule has 5 heteroatoms. The number of carbonyl (C=O) groups is 1. The van der Waals surface area contributed by atoms with Crippen LogP contribution in [0.5, 0.6) is 0 Å². The van der Waals surface area contributed by atoms with Gasteiger partial charge in [0.05, 0.1) is 11.2 Å². The van der Waals surface area contributed by atoms with Crippen molar-refractivity contribution in [3.63, 3.8) is 0 Å². The van der Waals surface area contributed by atoms with E-state index >= 15 is 0 Å². The van der Waals surface area contributed by atoms with Gasteiger partial charge >= 0.3 is 0 Å². The highest BCUT2D eigenvalue weighted by atomic mass is 16.2. The molecule has 0 bridgehead atoms. The number of allylic oxidation sites excluding steroid dienone is 1. The van der Waals surface area contributed by atoms with Crippen LogP contribution in [0, 0.1) is 12.3 Å². The average Bonchev–Trinajstić information content (AvgIpc) is 3.61. The first kappa shape index (κ1) is 19.8. The number of nitrogens with one attached hydrogen (secondary N) is 2. The molecule has 0 unspecified atom stereocenters. The molecule has 1 saturated carbocycles. The molecule has 2 aromatic carbocycles. The SMILES string of the molecule is CN/C(=C\C=N)C(=O)N(C)c1ccc(-c2ccc3cc(C4CC4)ccc3n2)cc1C. The fourth-order valence-corrected chi connectivity index (χ4v) is 3.80. The molecular weight excluding hydrogens is 372 g/mol. The molecule has 5 nitrogen and oxygen atoms in total. The standard InChI is InChI=1S/C25H26N4O/c1-16-14-19(8-11-24(16)29(3)25(30)23(27-2)12-13-26)21-10-7-20-15-18(17-4-5-17)6-9-22(20)28-21/h6-15,17,26-27H,4-5H2,1-3H3/b23-12-,26-13?. The molecule has 2 N–H and O–H groups in total. The van der Waals surface area contributed by atoms with E-state index in [-0.39, 0.29) is 5.91 Å². The van der Waals surface area contributed by atoms with Crippen molar-refractivity contribution in [1.82, 2.24) is 10.3 Å². The second-order valence-electron chi connectivity index (χ2n) is 7.79. The first-order valence-electron chi connectivity index (χ1n) is 10.2. The van der Waals surface area contributed by atoms with Crippen LogP contribution in [0.3, 0.4) is 0 Å². The quantitative estimate of drug-likeness (QED) is 0.463. The summed E-state index contributed by atoms with van der Waals surface area (Å²) in [4.78, 5) is 19.1. The van der Waals surface area contributed by atoms with Crippen molar-refractivity contribution in [2.24, 2.45) is 0 Å². The van der Waals surface area contributed by atoms with Crippen LogP contribution in [-0.2, 0) is 4.79 Å². The number of benzene rings is 2. The molecule has 0 saturated heterocycles. The lowest BCUT2D eigenvalue weighted by molar-refractivity contribution is -0.115. The van der Waals surface area contributed by atoms with E-state index < -0.39 is 0 Å². The molecule has 3 aromatic rings. The van der Waals surface area contributed by atoms with E-state index in [2.05, 4.69) is 41.7 Å². The zero-order valence-corrected chi connectivity index (χ0v) is 17.6. The molecule has 1 fully saturated rings. The Bertz CT molecular complexity index is 1160. The van der Waals surface area contributed by atoms with Crippen LogP contribution >= 0.6 is 0 Å². The highest BCUT2D eigenvalue weighted by molar-refractivity contribution is 6.07. The molecule has 1 amide bonds. The molecule has 1 aliphatic carbocycles. The van der Waals surface area contributed by atoms with Gasteiger partial charge in [-0.3, -0.25) is 4.79 Å². The van der Waals surface area contributed by atoms with Crippen molar-refractivity contribution in [3.05, 3.63) is 71.4 Å². The summed E-state index contributed by atoms with van der Waals surface area (Å²) < 4.78 is 0. The van der Waals surface area contributed by atoms with E-state index in [1.54, 1.807) is 19.0 Å². The minimum Gasteiger partial charge on any atom is -0.384 e. The van der Waals surface area contributed by atoms with Gasteiger partial charge in [-0.1, -0.05) is 18.2 Å².